The van der Waals surface area contributed by atoms with Gasteiger partial charge >= 0.3 is 0 Å². The Balaban J connectivity index is 1.38. The highest BCUT2D eigenvalue weighted by Gasteiger charge is 2.42. The minimum atomic E-state index is 0.149. The van der Waals surface area contributed by atoms with Gasteiger partial charge in [0.1, 0.15) is 5.82 Å². The van der Waals surface area contributed by atoms with Crippen LogP contribution in [0.15, 0.2) is 36.7 Å². The Labute approximate surface area is 176 Å². The Kier molecular flexibility index (Phi) is 5.41. The van der Waals surface area contributed by atoms with Crippen molar-refractivity contribution in [2.75, 3.05) is 24.5 Å². The highest BCUT2D eigenvalue weighted by Crippen LogP contribution is 2.39. The molecule has 7 nitrogen and oxygen atoms in total. The lowest BCUT2D eigenvalue weighted by Crippen LogP contribution is -2.46. The Hall–Kier alpha value is -1.77. The molecule has 0 amide bonds. The molecule has 5 N–H and O–H groups in total. The Morgan fingerprint density at radius 1 is 1.21 bits per heavy atom. The highest BCUT2D eigenvalue weighted by molar-refractivity contribution is 6.32. The van der Waals surface area contributed by atoms with E-state index in [0.717, 1.165) is 50.4 Å². The van der Waals surface area contributed by atoms with Gasteiger partial charge in [-0.1, -0.05) is 17.7 Å². The summed E-state index contributed by atoms with van der Waals surface area (Å²) in [6, 6.07) is 9.20. The number of nitrogens with one attached hydrogen (secondary N) is 3. The van der Waals surface area contributed by atoms with E-state index < -0.39 is 0 Å². The third kappa shape index (κ3) is 3.85. The number of fused-ring (bicyclic) bond motifs is 1. The van der Waals surface area contributed by atoms with Crippen molar-refractivity contribution in [2.24, 2.45) is 11.7 Å². The van der Waals surface area contributed by atoms with Crippen molar-refractivity contribution < 1.29 is 0 Å². The fraction of sp³-hybridized carbons (Fsp3) is 0.524. The lowest BCUT2D eigenvalue weighted by atomic mass is 9.81. The van der Waals surface area contributed by atoms with Gasteiger partial charge in [0.05, 0.1) is 16.8 Å². The molecule has 29 heavy (non-hydrogen) atoms. The predicted octanol–water partition coefficient (Wildman–Crippen LogP) is 1.93. The number of hydrogen-bond acceptors (Lipinski definition) is 7. The lowest BCUT2D eigenvalue weighted by molar-refractivity contribution is 0.265. The Bertz CT molecular complexity index is 848. The van der Waals surface area contributed by atoms with Crippen LogP contribution >= 0.6 is 11.6 Å². The first-order chi connectivity index (χ1) is 14.2. The predicted molar refractivity (Wildman–Crippen MR) is 115 cm³/mol. The second kappa shape index (κ2) is 8.16. The first-order valence-electron chi connectivity index (χ1n) is 10.5. The molecular formula is C21H28ClN7. The molecule has 5 heterocycles. The Morgan fingerprint density at radius 2 is 2.14 bits per heavy atom. The van der Waals surface area contributed by atoms with E-state index in [1.807, 2.05) is 24.5 Å². The fourth-order valence-corrected chi connectivity index (χ4v) is 5.17. The molecule has 5 atom stereocenters. The van der Waals surface area contributed by atoms with Gasteiger partial charge in [0.15, 0.2) is 0 Å². The molecule has 3 aliphatic heterocycles. The van der Waals surface area contributed by atoms with Crippen LogP contribution in [0.1, 0.15) is 42.6 Å². The van der Waals surface area contributed by atoms with Gasteiger partial charge in [-0.3, -0.25) is 10.4 Å². The highest BCUT2D eigenvalue weighted by atomic mass is 35.5. The number of piperidine rings is 2. The molecule has 3 aliphatic rings. The van der Waals surface area contributed by atoms with Crippen LogP contribution in [0.2, 0.25) is 5.02 Å². The van der Waals surface area contributed by atoms with E-state index in [0.29, 0.717) is 23.0 Å². The topological polar surface area (TPSA) is 91.1 Å². The quantitative estimate of drug-likeness (QED) is 0.611. The molecule has 3 fully saturated rings. The minimum Gasteiger partial charge on any atom is -0.354 e. The summed E-state index contributed by atoms with van der Waals surface area (Å²) in [4.78, 5) is 11.5. The van der Waals surface area contributed by atoms with E-state index in [2.05, 4.69) is 38.2 Å². The molecule has 3 saturated heterocycles. The maximum atomic E-state index is 6.53. The molecule has 0 aliphatic carbocycles. The lowest BCUT2D eigenvalue weighted by Gasteiger charge is -2.35. The fourth-order valence-electron chi connectivity index (χ4n) is 4.94. The SMILES string of the molecule is N[C@@H]1CCCN(c2nc(C3NNC4CNC(c5cccnc5)CC43)ccc2Cl)C1. The monoisotopic (exact) mass is 413 g/mol. The van der Waals surface area contributed by atoms with Gasteiger partial charge in [0, 0.05) is 56.1 Å². The van der Waals surface area contributed by atoms with E-state index in [4.69, 9.17) is 22.3 Å². The molecule has 0 spiro atoms. The molecule has 0 aromatic carbocycles. The number of hydrogen-bond donors (Lipinski definition) is 4. The summed E-state index contributed by atoms with van der Waals surface area (Å²) < 4.78 is 0. The zero-order valence-corrected chi connectivity index (χ0v) is 17.1. The molecule has 8 heteroatoms. The van der Waals surface area contributed by atoms with E-state index in [1.165, 1.54) is 5.56 Å². The van der Waals surface area contributed by atoms with Crippen LogP contribution in [-0.2, 0) is 0 Å². The Morgan fingerprint density at radius 3 is 2.97 bits per heavy atom. The van der Waals surface area contributed by atoms with E-state index in [1.54, 1.807) is 0 Å². The molecule has 0 radical (unpaired) electrons. The molecule has 4 unspecified atom stereocenters. The van der Waals surface area contributed by atoms with Gasteiger partial charge in [-0.25, -0.2) is 10.4 Å². The van der Waals surface area contributed by atoms with Crippen LogP contribution in [0.25, 0.3) is 0 Å². The number of hydrazine groups is 1. The van der Waals surface area contributed by atoms with Crippen LogP contribution in [0, 0.1) is 5.92 Å². The summed E-state index contributed by atoms with van der Waals surface area (Å²) in [5, 5.41) is 4.35. The maximum absolute atomic E-state index is 6.53. The summed E-state index contributed by atoms with van der Waals surface area (Å²) in [5.41, 5.74) is 15.4. The molecule has 2 aromatic rings. The molecule has 154 valence electrons. The van der Waals surface area contributed by atoms with Gasteiger partial charge in [-0.2, -0.15) is 0 Å². The second-order valence-electron chi connectivity index (χ2n) is 8.41. The smallest absolute Gasteiger partial charge is 0.147 e. The molecule has 0 saturated carbocycles. The number of anilines is 1. The van der Waals surface area contributed by atoms with E-state index in [-0.39, 0.29) is 12.1 Å². The van der Waals surface area contributed by atoms with Crippen LogP contribution in [0.4, 0.5) is 5.82 Å². The number of rotatable bonds is 3. The summed E-state index contributed by atoms with van der Waals surface area (Å²) in [5.74, 6) is 1.30. The van der Waals surface area contributed by atoms with Crippen LogP contribution in [-0.4, -0.2) is 41.7 Å². The largest absolute Gasteiger partial charge is 0.354 e. The first-order valence-corrected chi connectivity index (χ1v) is 10.9. The van der Waals surface area contributed by atoms with Crippen LogP contribution in [0.5, 0.6) is 0 Å². The van der Waals surface area contributed by atoms with Crippen molar-refractivity contribution in [3.05, 3.63) is 52.9 Å². The summed E-state index contributed by atoms with van der Waals surface area (Å²) in [6.07, 6.45) is 6.95. The molecule has 2 aromatic heterocycles. The summed E-state index contributed by atoms with van der Waals surface area (Å²) >= 11 is 6.53. The van der Waals surface area contributed by atoms with Crippen LogP contribution < -0.4 is 26.8 Å². The summed E-state index contributed by atoms with van der Waals surface area (Å²) in [7, 11) is 0. The number of aromatic nitrogens is 2. The van der Waals surface area contributed by atoms with Crippen molar-refractivity contribution >= 4 is 17.4 Å². The van der Waals surface area contributed by atoms with Gasteiger partial charge in [0.25, 0.3) is 0 Å². The average Bonchev–Trinajstić information content (AvgIpc) is 3.18. The zero-order valence-electron chi connectivity index (χ0n) is 16.4. The van der Waals surface area contributed by atoms with Gasteiger partial charge in [-0.05, 0) is 43.0 Å². The van der Waals surface area contributed by atoms with Gasteiger partial charge < -0.3 is 16.0 Å². The molecular weight excluding hydrogens is 386 g/mol. The zero-order chi connectivity index (χ0) is 19.8. The van der Waals surface area contributed by atoms with Crippen molar-refractivity contribution in [2.45, 2.75) is 43.4 Å². The van der Waals surface area contributed by atoms with Crippen molar-refractivity contribution in [1.29, 1.82) is 0 Å². The van der Waals surface area contributed by atoms with Crippen molar-refractivity contribution in [3.63, 3.8) is 0 Å². The number of pyridine rings is 2. The third-order valence-electron chi connectivity index (χ3n) is 6.47. The van der Waals surface area contributed by atoms with Crippen molar-refractivity contribution in [3.8, 4) is 0 Å². The maximum Gasteiger partial charge on any atom is 0.147 e. The molecule has 0 bridgehead atoms. The number of halogens is 1. The number of nitrogens with two attached hydrogens (primary N) is 1. The number of nitrogens with zero attached hydrogens (tertiary/aromatic N) is 3. The van der Waals surface area contributed by atoms with Crippen molar-refractivity contribution in [1.82, 2.24) is 26.1 Å². The first kappa shape index (κ1) is 19.2. The van der Waals surface area contributed by atoms with Crippen LogP contribution in [0.3, 0.4) is 0 Å². The van der Waals surface area contributed by atoms with E-state index >= 15 is 0 Å². The summed E-state index contributed by atoms with van der Waals surface area (Å²) in [6.45, 7) is 2.68. The minimum absolute atomic E-state index is 0.149. The normalized spacial score (nSPS) is 32.2. The average molecular weight is 414 g/mol. The van der Waals surface area contributed by atoms with E-state index in [9.17, 15) is 0 Å². The third-order valence-corrected chi connectivity index (χ3v) is 6.77. The second-order valence-corrected chi connectivity index (χ2v) is 8.82. The van der Waals surface area contributed by atoms with Gasteiger partial charge in [-0.15, -0.1) is 0 Å². The molecule has 5 rings (SSSR count). The van der Waals surface area contributed by atoms with Gasteiger partial charge in [0.2, 0.25) is 0 Å². The standard InChI is InChI=1S/C21H28ClN7/c22-16-5-6-17(26-21(16)29-8-2-4-14(23)12-29)20-15-9-18(13-3-1-7-24-10-13)25-11-19(15)27-28-20/h1,3,5-7,10,14-15,18-20,25,27-28H,2,4,8-9,11-12,23H2/t14-,15?,18?,19?,20?/m1/s1.